The molecule has 122 valence electrons. The number of hydrogen-bond donors (Lipinski definition) is 2. The number of likely N-dealkylation sites (tertiary alicyclic amines) is 1. The van der Waals surface area contributed by atoms with Crippen LogP contribution in [-0.4, -0.2) is 46.8 Å². The molecule has 1 saturated heterocycles. The Kier molecular flexibility index (Phi) is 5.39. The van der Waals surface area contributed by atoms with Gasteiger partial charge in [0.25, 0.3) is 0 Å². The maximum Gasteiger partial charge on any atom is 0.0817 e. The van der Waals surface area contributed by atoms with Crippen LogP contribution in [0.3, 0.4) is 0 Å². The molecular formula is C19H25N3O. The van der Waals surface area contributed by atoms with E-state index in [2.05, 4.69) is 34.1 Å². The van der Waals surface area contributed by atoms with E-state index in [0.717, 1.165) is 43.6 Å². The van der Waals surface area contributed by atoms with Crippen LogP contribution < -0.4 is 5.73 Å². The third-order valence-electron chi connectivity index (χ3n) is 4.56. The number of aromatic nitrogens is 1. The second-order valence-corrected chi connectivity index (χ2v) is 6.34. The highest BCUT2D eigenvalue weighted by Gasteiger charge is 2.22. The number of β-amino-alcohol motifs (C(OH)–C–C–N with tert-alkyl or cyclic N) is 1. The summed E-state index contributed by atoms with van der Waals surface area (Å²) in [7, 11) is 0. The van der Waals surface area contributed by atoms with Gasteiger partial charge in [0.2, 0.25) is 0 Å². The van der Waals surface area contributed by atoms with E-state index in [-0.39, 0.29) is 6.04 Å². The molecule has 0 aliphatic carbocycles. The Morgan fingerprint density at radius 1 is 1.22 bits per heavy atom. The molecule has 2 heterocycles. The Labute approximate surface area is 138 Å². The van der Waals surface area contributed by atoms with Gasteiger partial charge in [-0.1, -0.05) is 24.3 Å². The van der Waals surface area contributed by atoms with Gasteiger partial charge >= 0.3 is 0 Å². The molecule has 0 saturated carbocycles. The molecular weight excluding hydrogens is 286 g/mol. The van der Waals surface area contributed by atoms with Crippen LogP contribution in [0.25, 0.3) is 11.3 Å². The predicted octanol–water partition coefficient (Wildman–Crippen LogP) is 2.08. The number of aliphatic hydroxyl groups excluding tert-OH is 1. The Balaban J connectivity index is 1.62. The van der Waals surface area contributed by atoms with Crippen LogP contribution in [0.1, 0.15) is 18.4 Å². The summed E-state index contributed by atoms with van der Waals surface area (Å²) in [4.78, 5) is 6.74. The third kappa shape index (κ3) is 4.38. The molecule has 1 aromatic carbocycles. The topological polar surface area (TPSA) is 62.4 Å². The summed E-state index contributed by atoms with van der Waals surface area (Å²) < 4.78 is 0. The molecule has 3 rings (SSSR count). The van der Waals surface area contributed by atoms with Crippen LogP contribution in [0.2, 0.25) is 0 Å². The molecule has 23 heavy (non-hydrogen) atoms. The zero-order chi connectivity index (χ0) is 16.1. The molecule has 1 aliphatic heterocycles. The molecule has 2 atom stereocenters. The van der Waals surface area contributed by atoms with Crippen molar-refractivity contribution in [2.24, 2.45) is 5.73 Å². The number of rotatable bonds is 4. The highest BCUT2D eigenvalue weighted by atomic mass is 16.3. The van der Waals surface area contributed by atoms with Gasteiger partial charge in [-0.05, 0) is 49.6 Å². The zero-order valence-electron chi connectivity index (χ0n) is 13.4. The van der Waals surface area contributed by atoms with Gasteiger partial charge in [-0.25, -0.2) is 0 Å². The lowest BCUT2D eigenvalue weighted by atomic mass is 10.1. The van der Waals surface area contributed by atoms with Gasteiger partial charge < -0.3 is 15.7 Å². The molecule has 0 radical (unpaired) electrons. The molecule has 1 aliphatic rings. The number of hydrogen-bond acceptors (Lipinski definition) is 4. The maximum absolute atomic E-state index is 10.0. The normalized spacial score (nSPS) is 22.7. The van der Waals surface area contributed by atoms with Crippen molar-refractivity contribution in [3.8, 4) is 11.3 Å². The average Bonchev–Trinajstić information content (AvgIpc) is 2.75. The fraction of sp³-hybridized carbons (Fsp3) is 0.421. The quantitative estimate of drug-likeness (QED) is 0.907. The van der Waals surface area contributed by atoms with Crippen molar-refractivity contribution in [1.82, 2.24) is 9.88 Å². The average molecular weight is 311 g/mol. The molecule has 0 amide bonds. The lowest BCUT2D eigenvalue weighted by molar-refractivity contribution is 0.107. The monoisotopic (exact) mass is 311 g/mol. The van der Waals surface area contributed by atoms with Crippen molar-refractivity contribution in [2.45, 2.75) is 31.4 Å². The summed E-state index contributed by atoms with van der Waals surface area (Å²) >= 11 is 0. The summed E-state index contributed by atoms with van der Waals surface area (Å²) in [6.07, 6.45) is 4.36. The minimum absolute atomic E-state index is 0.0764. The molecule has 4 nitrogen and oxygen atoms in total. The van der Waals surface area contributed by atoms with Gasteiger partial charge in [-0.3, -0.25) is 4.98 Å². The Bertz CT molecular complexity index is 617. The van der Waals surface area contributed by atoms with Crippen LogP contribution in [-0.2, 0) is 6.42 Å². The predicted molar refractivity (Wildman–Crippen MR) is 93.0 cm³/mol. The summed E-state index contributed by atoms with van der Waals surface area (Å²) in [5.41, 5.74) is 9.41. The van der Waals surface area contributed by atoms with Crippen molar-refractivity contribution in [2.75, 3.05) is 19.6 Å². The highest BCUT2D eigenvalue weighted by molar-refractivity contribution is 5.59. The van der Waals surface area contributed by atoms with Crippen molar-refractivity contribution >= 4 is 0 Å². The fourth-order valence-corrected chi connectivity index (χ4v) is 3.14. The lowest BCUT2D eigenvalue weighted by Crippen LogP contribution is -2.41. The SMILES string of the molecule is NC1CCCN(CCc2cccc(-c3ccccn3)c2)CC1O. The van der Waals surface area contributed by atoms with Crippen LogP contribution >= 0.6 is 0 Å². The summed E-state index contributed by atoms with van der Waals surface area (Å²) in [6.45, 7) is 2.65. The van der Waals surface area contributed by atoms with Gasteiger partial charge in [0.1, 0.15) is 0 Å². The van der Waals surface area contributed by atoms with E-state index in [4.69, 9.17) is 5.73 Å². The Hall–Kier alpha value is -1.75. The first-order valence-corrected chi connectivity index (χ1v) is 8.39. The summed E-state index contributed by atoms with van der Waals surface area (Å²) in [5, 5.41) is 10.0. The molecule has 1 aromatic heterocycles. The highest BCUT2D eigenvalue weighted by Crippen LogP contribution is 2.18. The van der Waals surface area contributed by atoms with Gasteiger partial charge in [0.05, 0.1) is 11.8 Å². The standard InChI is InChI=1S/C19H25N3O/c20-17-7-4-11-22(14-19(17)23)12-9-15-5-3-6-16(13-15)18-8-1-2-10-21-18/h1-3,5-6,8,10,13,17,19,23H,4,7,9,11-12,14,20H2. The Morgan fingerprint density at radius 3 is 2.96 bits per heavy atom. The number of benzene rings is 1. The molecule has 2 unspecified atom stereocenters. The molecule has 3 N–H and O–H groups in total. The van der Waals surface area contributed by atoms with Gasteiger partial charge in [-0.2, -0.15) is 0 Å². The van der Waals surface area contributed by atoms with E-state index in [1.165, 1.54) is 5.56 Å². The van der Waals surface area contributed by atoms with E-state index in [1.807, 2.05) is 24.4 Å². The zero-order valence-corrected chi connectivity index (χ0v) is 13.4. The Morgan fingerprint density at radius 2 is 2.13 bits per heavy atom. The number of aliphatic hydroxyl groups is 1. The summed E-state index contributed by atoms with van der Waals surface area (Å²) in [6, 6.07) is 14.5. The van der Waals surface area contributed by atoms with Crippen molar-refractivity contribution in [3.63, 3.8) is 0 Å². The first-order valence-electron chi connectivity index (χ1n) is 8.39. The van der Waals surface area contributed by atoms with E-state index in [9.17, 15) is 5.11 Å². The molecule has 0 spiro atoms. The molecule has 1 fully saturated rings. The van der Waals surface area contributed by atoms with Gasteiger partial charge in [0, 0.05) is 30.9 Å². The second-order valence-electron chi connectivity index (χ2n) is 6.34. The second kappa shape index (κ2) is 7.68. The van der Waals surface area contributed by atoms with E-state index in [0.29, 0.717) is 6.54 Å². The number of nitrogens with zero attached hydrogens (tertiary/aromatic N) is 2. The molecule has 0 bridgehead atoms. The largest absolute Gasteiger partial charge is 0.390 e. The van der Waals surface area contributed by atoms with Gasteiger partial charge in [0.15, 0.2) is 0 Å². The van der Waals surface area contributed by atoms with Crippen molar-refractivity contribution in [3.05, 3.63) is 54.2 Å². The van der Waals surface area contributed by atoms with Crippen molar-refractivity contribution < 1.29 is 5.11 Å². The maximum atomic E-state index is 10.0. The van der Waals surface area contributed by atoms with Crippen LogP contribution in [0, 0.1) is 0 Å². The lowest BCUT2D eigenvalue weighted by Gasteiger charge is -2.23. The minimum Gasteiger partial charge on any atom is -0.390 e. The fourth-order valence-electron chi connectivity index (χ4n) is 3.14. The first kappa shape index (κ1) is 16.1. The van der Waals surface area contributed by atoms with Crippen molar-refractivity contribution in [1.29, 1.82) is 0 Å². The van der Waals surface area contributed by atoms with E-state index in [1.54, 1.807) is 0 Å². The number of nitrogens with two attached hydrogens (primary N) is 1. The third-order valence-corrected chi connectivity index (χ3v) is 4.56. The smallest absolute Gasteiger partial charge is 0.0817 e. The van der Waals surface area contributed by atoms with Crippen LogP contribution in [0.15, 0.2) is 48.7 Å². The molecule has 4 heteroatoms. The number of pyridine rings is 1. The minimum atomic E-state index is -0.405. The van der Waals surface area contributed by atoms with Gasteiger partial charge in [-0.15, -0.1) is 0 Å². The van der Waals surface area contributed by atoms with E-state index < -0.39 is 6.10 Å². The van der Waals surface area contributed by atoms with E-state index >= 15 is 0 Å². The first-order chi connectivity index (χ1) is 11.2. The van der Waals surface area contributed by atoms with Crippen LogP contribution in [0.5, 0.6) is 0 Å². The molecule has 2 aromatic rings. The summed E-state index contributed by atoms with van der Waals surface area (Å²) in [5.74, 6) is 0. The van der Waals surface area contributed by atoms with Crippen LogP contribution in [0.4, 0.5) is 0 Å².